The van der Waals surface area contributed by atoms with Gasteiger partial charge in [0.05, 0.1) is 5.92 Å². The number of carbonyl (C=O) groups excluding carboxylic acids is 1. The van der Waals surface area contributed by atoms with Gasteiger partial charge in [-0.1, -0.05) is 13.8 Å². The summed E-state index contributed by atoms with van der Waals surface area (Å²) in [6.45, 7) is 4.37. The number of alkyl halides is 3. The molecule has 0 radical (unpaired) electrons. The van der Waals surface area contributed by atoms with Crippen LogP contribution in [-0.4, -0.2) is 28.5 Å². The predicted molar refractivity (Wildman–Crippen MR) is 98.0 cm³/mol. The lowest BCUT2D eigenvalue weighted by atomic mass is 9.44. The molecule has 0 bridgehead atoms. The van der Waals surface area contributed by atoms with Crippen LogP contribution in [0.15, 0.2) is 0 Å². The minimum atomic E-state index is -4.08. The molecule has 4 fully saturated rings. The Balaban J connectivity index is 1.55. The molecule has 8 atom stereocenters. The van der Waals surface area contributed by atoms with E-state index in [1.165, 1.54) is 0 Å². The van der Waals surface area contributed by atoms with E-state index in [1.54, 1.807) is 0 Å². The van der Waals surface area contributed by atoms with Gasteiger partial charge in [0.1, 0.15) is 0 Å². The van der Waals surface area contributed by atoms with Crippen molar-refractivity contribution < 1.29 is 28.2 Å². The van der Waals surface area contributed by atoms with Crippen molar-refractivity contribution in [1.82, 2.24) is 0 Å². The van der Waals surface area contributed by atoms with Crippen LogP contribution in [0, 0.1) is 46.3 Å². The number of rotatable bonds is 2. The topological polar surface area (TPSA) is 57.5 Å². The first-order valence-corrected chi connectivity index (χ1v) is 10.9. The van der Waals surface area contributed by atoms with Crippen molar-refractivity contribution in [3.05, 3.63) is 0 Å². The molecule has 4 rings (SSSR count). The summed E-state index contributed by atoms with van der Waals surface area (Å²) in [7, 11) is 0. The van der Waals surface area contributed by atoms with E-state index in [0.717, 1.165) is 32.1 Å². The maximum atomic E-state index is 13.3. The summed E-state index contributed by atoms with van der Waals surface area (Å²) in [4.78, 5) is 12.4. The number of hydrogen-bond acceptors (Lipinski definition) is 3. The van der Waals surface area contributed by atoms with Crippen LogP contribution < -0.4 is 0 Å². The highest BCUT2D eigenvalue weighted by molar-refractivity contribution is 5.84. The molecular formula is C22H33F3O3. The normalized spacial score (nSPS) is 48.7. The minimum Gasteiger partial charge on any atom is -0.362 e. The Bertz CT molecular complexity index is 633. The first-order valence-electron chi connectivity index (χ1n) is 10.9. The van der Waals surface area contributed by atoms with Gasteiger partial charge in [-0.05, 0) is 92.3 Å². The molecule has 6 heteroatoms. The van der Waals surface area contributed by atoms with Crippen LogP contribution in [0.2, 0.25) is 0 Å². The maximum absolute atomic E-state index is 13.3. The van der Waals surface area contributed by atoms with Crippen molar-refractivity contribution in [2.45, 2.75) is 84.1 Å². The standard InChI is InChI=1S/C22H33F3O3/c1-20-9-7-13(22(23,24)25)11-12(20)3-4-14-15-5-6-17(18(26)19(27)28)21(15,2)10-8-16(14)20/h12-17,19,27-28H,3-11H2,1-2H3/t12-,13+,14+,15+,16+,17-,20+,21+/m1/s1. The Morgan fingerprint density at radius 1 is 0.929 bits per heavy atom. The van der Waals surface area contributed by atoms with Gasteiger partial charge in [-0.2, -0.15) is 13.2 Å². The van der Waals surface area contributed by atoms with Gasteiger partial charge in [0.2, 0.25) is 6.29 Å². The molecule has 2 N–H and O–H groups in total. The zero-order chi connectivity index (χ0) is 20.5. The summed E-state index contributed by atoms with van der Waals surface area (Å²) < 4.78 is 39.9. The average Bonchev–Trinajstić information content (AvgIpc) is 2.96. The van der Waals surface area contributed by atoms with Crippen LogP contribution in [-0.2, 0) is 4.79 Å². The molecule has 0 aliphatic heterocycles. The van der Waals surface area contributed by atoms with E-state index >= 15 is 0 Å². The van der Waals surface area contributed by atoms with E-state index in [1.807, 2.05) is 0 Å². The number of hydrogen-bond donors (Lipinski definition) is 2. The number of aliphatic hydroxyl groups excluding tert-OH is 1. The largest absolute Gasteiger partial charge is 0.391 e. The molecule has 0 saturated heterocycles. The van der Waals surface area contributed by atoms with Gasteiger partial charge < -0.3 is 10.2 Å². The van der Waals surface area contributed by atoms with E-state index < -0.39 is 24.2 Å². The third-order valence-electron chi connectivity index (χ3n) is 9.73. The third-order valence-corrected chi connectivity index (χ3v) is 9.73. The summed E-state index contributed by atoms with van der Waals surface area (Å²) in [5.41, 5.74) is -0.223. The molecule has 0 spiro atoms. The minimum absolute atomic E-state index is 0.0232. The van der Waals surface area contributed by atoms with Crippen molar-refractivity contribution >= 4 is 5.78 Å². The quantitative estimate of drug-likeness (QED) is 0.658. The second kappa shape index (κ2) is 6.69. The van der Waals surface area contributed by atoms with Crippen LogP contribution in [0.5, 0.6) is 0 Å². The van der Waals surface area contributed by atoms with Crippen LogP contribution >= 0.6 is 0 Å². The maximum Gasteiger partial charge on any atom is 0.391 e. The fourth-order valence-corrected chi connectivity index (χ4v) is 8.20. The molecule has 0 amide bonds. The molecule has 160 valence electrons. The number of ketones is 1. The molecule has 0 aromatic rings. The summed E-state index contributed by atoms with van der Waals surface area (Å²) >= 11 is 0. The van der Waals surface area contributed by atoms with E-state index in [2.05, 4.69) is 13.8 Å². The van der Waals surface area contributed by atoms with Crippen LogP contribution in [0.4, 0.5) is 13.2 Å². The Hall–Kier alpha value is -0.620. The molecule has 28 heavy (non-hydrogen) atoms. The highest BCUT2D eigenvalue weighted by Crippen LogP contribution is 2.68. The smallest absolute Gasteiger partial charge is 0.362 e. The lowest BCUT2D eigenvalue weighted by molar-refractivity contribution is -0.208. The first-order chi connectivity index (χ1) is 13.0. The van der Waals surface area contributed by atoms with Gasteiger partial charge in [-0.3, -0.25) is 4.79 Å². The molecule has 4 aliphatic rings. The Kier molecular flexibility index (Phi) is 4.94. The summed E-state index contributed by atoms with van der Waals surface area (Å²) in [5.74, 6) is -0.481. The van der Waals surface area contributed by atoms with Gasteiger partial charge in [0, 0.05) is 5.92 Å². The average molecular weight is 402 g/mol. The highest BCUT2D eigenvalue weighted by atomic mass is 19.4. The molecule has 4 saturated carbocycles. The summed E-state index contributed by atoms with van der Waals surface area (Å²) in [6.07, 6.45) is 0.476. The molecule has 0 aromatic carbocycles. The van der Waals surface area contributed by atoms with Gasteiger partial charge in [-0.15, -0.1) is 0 Å². The van der Waals surface area contributed by atoms with Crippen molar-refractivity contribution in [2.24, 2.45) is 46.3 Å². The van der Waals surface area contributed by atoms with Gasteiger partial charge in [0.25, 0.3) is 0 Å². The Morgan fingerprint density at radius 2 is 1.57 bits per heavy atom. The van der Waals surface area contributed by atoms with Crippen molar-refractivity contribution in [2.75, 3.05) is 0 Å². The second-order valence-electron chi connectivity index (χ2n) is 10.6. The predicted octanol–water partition coefficient (Wildman–Crippen LogP) is 4.70. The lowest BCUT2D eigenvalue weighted by Crippen LogP contribution is -2.54. The molecule has 4 aliphatic carbocycles. The van der Waals surface area contributed by atoms with E-state index in [0.29, 0.717) is 30.6 Å². The highest BCUT2D eigenvalue weighted by Gasteiger charge is 2.62. The van der Waals surface area contributed by atoms with Gasteiger partial charge in [-0.25, -0.2) is 0 Å². The summed E-state index contributed by atoms with van der Waals surface area (Å²) in [6, 6.07) is 0. The van der Waals surface area contributed by atoms with E-state index in [4.69, 9.17) is 0 Å². The SMILES string of the molecule is C[C@]12CC[C@H](C(F)(F)F)C[C@H]1CC[C@@H]1[C@@H]2CC[C@]2(C)[C@@H](C(=O)C(O)O)CC[C@@H]12. The zero-order valence-electron chi connectivity index (χ0n) is 16.8. The number of carbonyl (C=O) groups is 1. The van der Waals surface area contributed by atoms with E-state index in [-0.39, 0.29) is 35.5 Å². The third kappa shape index (κ3) is 2.96. The molecule has 0 aromatic heterocycles. The van der Waals surface area contributed by atoms with E-state index in [9.17, 15) is 28.2 Å². The molecule has 0 heterocycles. The van der Waals surface area contributed by atoms with Crippen LogP contribution in [0.1, 0.15) is 71.6 Å². The Labute approximate surface area is 165 Å². The number of Topliss-reactive ketones (excluding diaryl/α,β-unsaturated/α-hetero) is 1. The molecule has 0 unspecified atom stereocenters. The second-order valence-corrected chi connectivity index (χ2v) is 10.6. The fourth-order valence-electron chi connectivity index (χ4n) is 8.20. The first kappa shape index (κ1) is 20.6. The fraction of sp³-hybridized carbons (Fsp3) is 0.955. The zero-order valence-corrected chi connectivity index (χ0v) is 16.8. The Morgan fingerprint density at radius 3 is 2.21 bits per heavy atom. The number of fused-ring (bicyclic) bond motifs is 5. The monoisotopic (exact) mass is 402 g/mol. The number of aliphatic hydroxyl groups is 2. The van der Waals surface area contributed by atoms with Crippen LogP contribution in [0.25, 0.3) is 0 Å². The summed E-state index contributed by atoms with van der Waals surface area (Å²) in [5, 5.41) is 18.8. The van der Waals surface area contributed by atoms with Gasteiger partial charge >= 0.3 is 6.18 Å². The van der Waals surface area contributed by atoms with Crippen molar-refractivity contribution in [3.63, 3.8) is 0 Å². The molecule has 3 nitrogen and oxygen atoms in total. The van der Waals surface area contributed by atoms with Crippen molar-refractivity contribution in [3.8, 4) is 0 Å². The molecular weight excluding hydrogens is 369 g/mol. The lowest BCUT2D eigenvalue weighted by Gasteiger charge is -2.61. The van der Waals surface area contributed by atoms with Gasteiger partial charge in [0.15, 0.2) is 5.78 Å². The van der Waals surface area contributed by atoms with Crippen molar-refractivity contribution in [1.29, 1.82) is 0 Å². The van der Waals surface area contributed by atoms with Crippen LogP contribution in [0.3, 0.4) is 0 Å². The number of halogens is 3.